The Morgan fingerprint density at radius 2 is 1.71 bits per heavy atom. The monoisotopic (exact) mass is 360 g/mol. The third kappa shape index (κ3) is 3.92. The highest BCUT2D eigenvalue weighted by Gasteiger charge is 2.07. The lowest BCUT2D eigenvalue weighted by atomic mass is 10.2. The van der Waals surface area contributed by atoms with Crippen LogP contribution < -0.4 is 0 Å². The van der Waals surface area contributed by atoms with Gasteiger partial charge in [-0.15, -0.1) is 5.10 Å². The van der Waals surface area contributed by atoms with Crippen LogP contribution in [0.4, 0.5) is 0 Å². The molecule has 1 aromatic heterocycles. The first-order valence-electron chi connectivity index (χ1n) is 6.48. The molecule has 0 atom stereocenters. The molecule has 0 spiro atoms. The van der Waals surface area contributed by atoms with Gasteiger partial charge in [0.15, 0.2) is 0 Å². The second-order valence-corrected chi connectivity index (χ2v) is 6.38. The van der Waals surface area contributed by atoms with Gasteiger partial charge in [0.2, 0.25) is 5.16 Å². The van der Waals surface area contributed by atoms with Crippen LogP contribution in [0, 0.1) is 0 Å². The molecular weight excluding hydrogens is 348 g/mol. The van der Waals surface area contributed by atoms with E-state index in [4.69, 9.17) is 0 Å². The van der Waals surface area contributed by atoms with E-state index in [1.807, 2.05) is 35.0 Å². The van der Waals surface area contributed by atoms with Gasteiger partial charge in [-0.25, -0.2) is 4.68 Å². The third-order valence-corrected chi connectivity index (χ3v) is 4.51. The van der Waals surface area contributed by atoms with Crippen LogP contribution in [0.25, 0.3) is 0 Å². The van der Waals surface area contributed by atoms with Gasteiger partial charge in [0.25, 0.3) is 0 Å². The van der Waals surface area contributed by atoms with Crippen molar-refractivity contribution in [2.45, 2.75) is 17.5 Å². The summed E-state index contributed by atoms with van der Waals surface area (Å²) in [6, 6.07) is 18.5. The number of hydrogen-bond acceptors (Lipinski definition) is 4. The van der Waals surface area contributed by atoms with Crippen LogP contribution in [0.3, 0.4) is 0 Å². The van der Waals surface area contributed by atoms with E-state index in [-0.39, 0.29) is 0 Å². The topological polar surface area (TPSA) is 43.6 Å². The first kappa shape index (κ1) is 14.3. The molecule has 3 rings (SSSR count). The van der Waals surface area contributed by atoms with E-state index in [1.165, 1.54) is 11.1 Å². The fraction of sp³-hybridized carbons (Fsp3) is 0.133. The molecule has 1 heterocycles. The summed E-state index contributed by atoms with van der Waals surface area (Å²) in [6.07, 6.45) is 0. The molecule has 106 valence electrons. The zero-order valence-corrected chi connectivity index (χ0v) is 13.6. The molecule has 0 aliphatic carbocycles. The Morgan fingerprint density at radius 3 is 2.48 bits per heavy atom. The Hall–Kier alpha value is -1.66. The Kier molecular flexibility index (Phi) is 4.67. The van der Waals surface area contributed by atoms with Crippen LogP contribution in [0.15, 0.2) is 64.2 Å². The van der Waals surface area contributed by atoms with Crippen molar-refractivity contribution >= 4 is 27.7 Å². The first-order chi connectivity index (χ1) is 10.3. The number of benzene rings is 2. The van der Waals surface area contributed by atoms with Crippen LogP contribution in [-0.4, -0.2) is 20.2 Å². The molecule has 0 saturated heterocycles. The van der Waals surface area contributed by atoms with Gasteiger partial charge in [0.05, 0.1) is 6.54 Å². The average molecular weight is 361 g/mol. The molecular formula is C15H13BrN4S. The molecule has 0 unspecified atom stereocenters. The molecule has 4 nitrogen and oxygen atoms in total. The Labute approximate surface area is 135 Å². The van der Waals surface area contributed by atoms with E-state index in [1.54, 1.807) is 11.8 Å². The summed E-state index contributed by atoms with van der Waals surface area (Å²) < 4.78 is 2.92. The zero-order valence-electron chi connectivity index (χ0n) is 11.2. The van der Waals surface area contributed by atoms with E-state index in [9.17, 15) is 0 Å². The van der Waals surface area contributed by atoms with Gasteiger partial charge in [-0.05, 0) is 33.7 Å². The molecule has 0 radical (unpaired) electrons. The molecule has 0 aliphatic rings. The lowest BCUT2D eigenvalue weighted by molar-refractivity contribution is 0.603. The van der Waals surface area contributed by atoms with Gasteiger partial charge in [-0.3, -0.25) is 0 Å². The molecule has 2 aromatic carbocycles. The number of hydrogen-bond donors (Lipinski definition) is 0. The molecule has 21 heavy (non-hydrogen) atoms. The van der Waals surface area contributed by atoms with Gasteiger partial charge in [0.1, 0.15) is 0 Å². The van der Waals surface area contributed by atoms with E-state index in [2.05, 4.69) is 55.7 Å². The van der Waals surface area contributed by atoms with Crippen molar-refractivity contribution < 1.29 is 0 Å². The highest BCUT2D eigenvalue weighted by atomic mass is 79.9. The number of tetrazole rings is 1. The number of rotatable bonds is 5. The fourth-order valence-electron chi connectivity index (χ4n) is 1.88. The molecule has 3 aromatic rings. The standard InChI is InChI=1S/C15H13BrN4S/c16-14-8-6-13(7-9-14)11-21-15-17-18-19-20(15)10-12-4-2-1-3-5-12/h1-9H,10-11H2. The van der Waals surface area contributed by atoms with Crippen LogP contribution >= 0.6 is 27.7 Å². The van der Waals surface area contributed by atoms with Crippen molar-refractivity contribution in [3.63, 3.8) is 0 Å². The Balaban J connectivity index is 1.66. The maximum atomic E-state index is 4.10. The van der Waals surface area contributed by atoms with Crippen molar-refractivity contribution in [3.05, 3.63) is 70.2 Å². The van der Waals surface area contributed by atoms with Gasteiger partial charge < -0.3 is 0 Å². The summed E-state index contributed by atoms with van der Waals surface area (Å²) in [4.78, 5) is 0. The summed E-state index contributed by atoms with van der Waals surface area (Å²) in [7, 11) is 0. The summed E-state index contributed by atoms with van der Waals surface area (Å²) in [5.74, 6) is 0.850. The second kappa shape index (κ2) is 6.87. The van der Waals surface area contributed by atoms with Crippen molar-refractivity contribution in [1.29, 1.82) is 0 Å². The van der Waals surface area contributed by atoms with E-state index in [0.717, 1.165) is 15.4 Å². The van der Waals surface area contributed by atoms with Gasteiger partial charge >= 0.3 is 0 Å². The smallest absolute Gasteiger partial charge is 0.209 e. The zero-order chi connectivity index (χ0) is 14.5. The third-order valence-electron chi connectivity index (χ3n) is 2.96. The van der Waals surface area contributed by atoms with Crippen molar-refractivity contribution in [2.75, 3.05) is 0 Å². The lowest BCUT2D eigenvalue weighted by Crippen LogP contribution is -2.03. The maximum Gasteiger partial charge on any atom is 0.209 e. The van der Waals surface area contributed by atoms with Crippen molar-refractivity contribution in [3.8, 4) is 0 Å². The summed E-state index contributed by atoms with van der Waals surface area (Å²) >= 11 is 5.08. The van der Waals surface area contributed by atoms with Gasteiger partial charge in [-0.2, -0.15) is 0 Å². The number of halogens is 1. The molecule has 0 saturated carbocycles. The predicted octanol–water partition coefficient (Wildman–Crippen LogP) is 3.78. The fourth-order valence-corrected chi connectivity index (χ4v) is 2.98. The molecule has 0 amide bonds. The van der Waals surface area contributed by atoms with E-state index >= 15 is 0 Å². The summed E-state index contributed by atoms with van der Waals surface area (Å²) in [5, 5.41) is 12.8. The lowest BCUT2D eigenvalue weighted by Gasteiger charge is -2.04. The van der Waals surface area contributed by atoms with E-state index in [0.29, 0.717) is 6.54 Å². The number of thioether (sulfide) groups is 1. The number of aromatic nitrogens is 4. The van der Waals surface area contributed by atoms with Crippen molar-refractivity contribution in [2.24, 2.45) is 0 Å². The quantitative estimate of drug-likeness (QED) is 0.649. The van der Waals surface area contributed by atoms with Crippen LogP contribution in [-0.2, 0) is 12.3 Å². The summed E-state index contributed by atoms with van der Waals surface area (Å²) in [5.41, 5.74) is 2.44. The Morgan fingerprint density at radius 1 is 0.952 bits per heavy atom. The van der Waals surface area contributed by atoms with Gasteiger partial charge in [0, 0.05) is 10.2 Å². The average Bonchev–Trinajstić information content (AvgIpc) is 2.95. The highest BCUT2D eigenvalue weighted by molar-refractivity contribution is 9.10. The molecule has 0 aliphatic heterocycles. The largest absolute Gasteiger partial charge is 0.216 e. The van der Waals surface area contributed by atoms with Crippen molar-refractivity contribution in [1.82, 2.24) is 20.2 Å². The highest BCUT2D eigenvalue weighted by Crippen LogP contribution is 2.21. The van der Waals surface area contributed by atoms with Gasteiger partial charge in [-0.1, -0.05) is 70.2 Å². The SMILES string of the molecule is Brc1ccc(CSc2nnnn2Cc2ccccc2)cc1. The molecule has 0 bridgehead atoms. The molecule has 6 heteroatoms. The minimum Gasteiger partial charge on any atom is -0.216 e. The number of nitrogens with zero attached hydrogens (tertiary/aromatic N) is 4. The van der Waals surface area contributed by atoms with Crippen LogP contribution in [0.1, 0.15) is 11.1 Å². The second-order valence-electron chi connectivity index (χ2n) is 4.52. The molecule has 0 N–H and O–H groups in total. The normalized spacial score (nSPS) is 10.7. The van der Waals surface area contributed by atoms with Crippen LogP contribution in [0.2, 0.25) is 0 Å². The first-order valence-corrected chi connectivity index (χ1v) is 8.26. The van der Waals surface area contributed by atoms with E-state index < -0.39 is 0 Å². The summed E-state index contributed by atoms with van der Waals surface area (Å²) in [6.45, 7) is 0.691. The minimum atomic E-state index is 0.691. The molecule has 0 fully saturated rings. The Bertz CT molecular complexity index is 697. The maximum absolute atomic E-state index is 4.10. The minimum absolute atomic E-state index is 0.691. The van der Waals surface area contributed by atoms with Crippen LogP contribution in [0.5, 0.6) is 0 Å². The predicted molar refractivity (Wildman–Crippen MR) is 87.1 cm³/mol.